The van der Waals surface area contributed by atoms with Gasteiger partial charge in [-0.3, -0.25) is 0 Å². The summed E-state index contributed by atoms with van der Waals surface area (Å²) in [6.07, 6.45) is 0. The van der Waals surface area contributed by atoms with Gasteiger partial charge >= 0.3 is 0 Å². The second kappa shape index (κ2) is 6.90. The zero-order valence-corrected chi connectivity index (χ0v) is 13.4. The lowest BCUT2D eigenvalue weighted by Crippen LogP contribution is -2.18. The Kier molecular flexibility index (Phi) is 5.19. The van der Waals surface area contributed by atoms with Crippen molar-refractivity contribution in [1.29, 1.82) is 5.26 Å². The average Bonchev–Trinajstić information content (AvgIpc) is 2.46. The van der Waals surface area contributed by atoms with Crippen molar-refractivity contribution in [1.82, 2.24) is 5.32 Å². The first-order valence-electron chi connectivity index (χ1n) is 6.28. The molecule has 0 saturated carbocycles. The maximum Gasteiger partial charge on any atom is 0.0992 e. The normalized spacial score (nSPS) is 11.9. The van der Waals surface area contributed by atoms with Crippen LogP contribution in [0, 0.1) is 11.3 Å². The van der Waals surface area contributed by atoms with Gasteiger partial charge in [0.05, 0.1) is 11.6 Å². The predicted octanol–water partition coefficient (Wildman–Crippen LogP) is 4.82. The van der Waals surface area contributed by atoms with E-state index in [2.05, 4.69) is 40.3 Å². The van der Waals surface area contributed by atoms with E-state index >= 15 is 0 Å². The van der Waals surface area contributed by atoms with Crippen LogP contribution in [0.25, 0.3) is 0 Å². The number of nitrogens with zero attached hydrogens (tertiary/aromatic N) is 1. The summed E-state index contributed by atoms with van der Waals surface area (Å²) in [5.74, 6) is 0. The zero-order valence-electron chi connectivity index (χ0n) is 11.0. The maximum atomic E-state index is 8.82. The molecule has 2 aromatic rings. The Labute approximate surface area is 132 Å². The highest BCUT2D eigenvalue weighted by molar-refractivity contribution is 9.10. The molecule has 20 heavy (non-hydrogen) atoms. The molecule has 0 aromatic heterocycles. The SMILES string of the molecule is C[C@@H](NCc1ccc(C#N)cc1Cl)c1ccccc1Br. The van der Waals surface area contributed by atoms with E-state index in [4.69, 9.17) is 16.9 Å². The van der Waals surface area contributed by atoms with Crippen LogP contribution in [-0.2, 0) is 6.54 Å². The van der Waals surface area contributed by atoms with Gasteiger partial charge in [0, 0.05) is 22.1 Å². The fourth-order valence-corrected chi connectivity index (χ4v) is 2.84. The van der Waals surface area contributed by atoms with Crippen LogP contribution in [-0.4, -0.2) is 0 Å². The maximum absolute atomic E-state index is 8.82. The predicted molar refractivity (Wildman–Crippen MR) is 85.6 cm³/mol. The summed E-state index contributed by atoms with van der Waals surface area (Å²) in [5, 5.41) is 12.9. The summed E-state index contributed by atoms with van der Waals surface area (Å²) < 4.78 is 1.09. The van der Waals surface area contributed by atoms with E-state index in [9.17, 15) is 0 Å². The highest BCUT2D eigenvalue weighted by atomic mass is 79.9. The smallest absolute Gasteiger partial charge is 0.0992 e. The molecule has 0 saturated heterocycles. The van der Waals surface area contributed by atoms with Crippen LogP contribution in [0.15, 0.2) is 46.9 Å². The standard InChI is InChI=1S/C16H14BrClN2/c1-11(14-4-2-3-5-15(14)17)20-10-13-7-6-12(9-19)8-16(13)18/h2-8,11,20H,10H2,1H3/t11-/m1/s1. The number of rotatable bonds is 4. The van der Waals surface area contributed by atoms with E-state index < -0.39 is 0 Å². The van der Waals surface area contributed by atoms with Crippen molar-refractivity contribution < 1.29 is 0 Å². The van der Waals surface area contributed by atoms with E-state index in [1.165, 1.54) is 5.56 Å². The van der Waals surface area contributed by atoms with Gasteiger partial charge < -0.3 is 5.32 Å². The van der Waals surface area contributed by atoms with Gasteiger partial charge in [-0.25, -0.2) is 0 Å². The summed E-state index contributed by atoms with van der Waals surface area (Å²) in [6, 6.07) is 15.8. The van der Waals surface area contributed by atoms with Gasteiger partial charge in [0.2, 0.25) is 0 Å². The second-order valence-corrected chi connectivity index (χ2v) is 5.80. The van der Waals surface area contributed by atoms with Crippen LogP contribution in [0.3, 0.4) is 0 Å². The molecular formula is C16H14BrClN2. The molecule has 0 radical (unpaired) electrons. The van der Waals surface area contributed by atoms with Crippen LogP contribution < -0.4 is 5.32 Å². The summed E-state index contributed by atoms with van der Waals surface area (Å²) in [7, 11) is 0. The molecule has 0 fully saturated rings. The first-order chi connectivity index (χ1) is 9.61. The minimum atomic E-state index is 0.206. The van der Waals surface area contributed by atoms with Crippen LogP contribution in [0.4, 0.5) is 0 Å². The highest BCUT2D eigenvalue weighted by Crippen LogP contribution is 2.24. The molecule has 0 unspecified atom stereocenters. The van der Waals surface area contributed by atoms with Crippen molar-refractivity contribution in [2.24, 2.45) is 0 Å². The van der Waals surface area contributed by atoms with Gasteiger partial charge in [-0.1, -0.05) is 51.8 Å². The lowest BCUT2D eigenvalue weighted by Gasteiger charge is -2.16. The van der Waals surface area contributed by atoms with Gasteiger partial charge in [0.1, 0.15) is 0 Å². The number of hydrogen-bond acceptors (Lipinski definition) is 2. The van der Waals surface area contributed by atoms with E-state index in [0.29, 0.717) is 17.1 Å². The third-order valence-electron chi connectivity index (χ3n) is 3.15. The van der Waals surface area contributed by atoms with E-state index in [-0.39, 0.29) is 6.04 Å². The zero-order chi connectivity index (χ0) is 14.5. The first kappa shape index (κ1) is 15.1. The fourth-order valence-electron chi connectivity index (χ4n) is 1.96. The minimum Gasteiger partial charge on any atom is -0.306 e. The summed E-state index contributed by atoms with van der Waals surface area (Å²) in [6.45, 7) is 2.77. The van der Waals surface area contributed by atoms with Gasteiger partial charge in [-0.2, -0.15) is 5.26 Å². The molecule has 0 bridgehead atoms. The summed E-state index contributed by atoms with van der Waals surface area (Å²) in [4.78, 5) is 0. The number of nitriles is 1. The van der Waals surface area contributed by atoms with E-state index in [1.807, 2.05) is 24.3 Å². The van der Waals surface area contributed by atoms with Crippen LogP contribution in [0.5, 0.6) is 0 Å². The third-order valence-corrected chi connectivity index (χ3v) is 4.23. The molecule has 0 spiro atoms. The molecule has 2 rings (SSSR count). The van der Waals surface area contributed by atoms with Crippen LogP contribution >= 0.6 is 27.5 Å². The van der Waals surface area contributed by atoms with Gasteiger partial charge in [-0.05, 0) is 36.2 Å². The topological polar surface area (TPSA) is 35.8 Å². The first-order valence-corrected chi connectivity index (χ1v) is 7.45. The Bertz CT molecular complexity index is 649. The van der Waals surface area contributed by atoms with E-state index in [1.54, 1.807) is 12.1 Å². The Hall–Kier alpha value is -1.34. The average molecular weight is 350 g/mol. The largest absolute Gasteiger partial charge is 0.306 e. The molecule has 1 N–H and O–H groups in total. The number of halogens is 2. The molecule has 0 aliphatic rings. The lowest BCUT2D eigenvalue weighted by atomic mass is 10.1. The molecular weight excluding hydrogens is 336 g/mol. The highest BCUT2D eigenvalue weighted by Gasteiger charge is 2.09. The fraction of sp³-hybridized carbons (Fsp3) is 0.188. The van der Waals surface area contributed by atoms with Gasteiger partial charge in [0.25, 0.3) is 0 Å². The Balaban J connectivity index is 2.06. The monoisotopic (exact) mass is 348 g/mol. The molecule has 0 amide bonds. The van der Waals surface area contributed by atoms with E-state index in [0.717, 1.165) is 10.0 Å². The van der Waals surface area contributed by atoms with Gasteiger partial charge in [0.15, 0.2) is 0 Å². The Morgan fingerprint density at radius 2 is 2.05 bits per heavy atom. The van der Waals surface area contributed by atoms with Crippen molar-refractivity contribution >= 4 is 27.5 Å². The van der Waals surface area contributed by atoms with Crippen molar-refractivity contribution in [2.75, 3.05) is 0 Å². The number of benzene rings is 2. The Morgan fingerprint density at radius 1 is 1.30 bits per heavy atom. The quantitative estimate of drug-likeness (QED) is 0.858. The van der Waals surface area contributed by atoms with Crippen molar-refractivity contribution in [3.63, 3.8) is 0 Å². The van der Waals surface area contributed by atoms with Crippen molar-refractivity contribution in [2.45, 2.75) is 19.5 Å². The summed E-state index contributed by atoms with van der Waals surface area (Å²) in [5.41, 5.74) is 2.78. The molecule has 2 nitrogen and oxygen atoms in total. The van der Waals surface area contributed by atoms with Crippen molar-refractivity contribution in [3.8, 4) is 6.07 Å². The molecule has 0 aliphatic carbocycles. The number of nitrogens with one attached hydrogen (secondary N) is 1. The second-order valence-electron chi connectivity index (χ2n) is 4.54. The third kappa shape index (κ3) is 3.61. The molecule has 102 valence electrons. The summed E-state index contributed by atoms with van der Waals surface area (Å²) >= 11 is 9.72. The van der Waals surface area contributed by atoms with Crippen LogP contribution in [0.1, 0.15) is 29.7 Å². The molecule has 1 atom stereocenters. The van der Waals surface area contributed by atoms with Crippen LogP contribution in [0.2, 0.25) is 5.02 Å². The molecule has 0 heterocycles. The van der Waals surface area contributed by atoms with Crippen molar-refractivity contribution in [3.05, 3.63) is 68.7 Å². The number of hydrogen-bond donors (Lipinski definition) is 1. The molecule has 2 aromatic carbocycles. The Morgan fingerprint density at radius 3 is 2.70 bits per heavy atom. The van der Waals surface area contributed by atoms with Gasteiger partial charge in [-0.15, -0.1) is 0 Å². The lowest BCUT2D eigenvalue weighted by molar-refractivity contribution is 0.573. The minimum absolute atomic E-state index is 0.206. The molecule has 4 heteroatoms. The molecule has 0 aliphatic heterocycles.